The van der Waals surface area contributed by atoms with Crippen LogP contribution < -0.4 is 0 Å². The minimum atomic E-state index is -0.763. The maximum atomic E-state index is 12.9. The van der Waals surface area contributed by atoms with Crippen LogP contribution in [0.2, 0.25) is 0 Å². The smallest absolute Gasteiger partial charge is 0.306 e. The first-order chi connectivity index (χ1) is 34.3. The normalized spacial score (nSPS) is 12.4. The Morgan fingerprint density at radius 2 is 0.543 bits per heavy atom. The van der Waals surface area contributed by atoms with E-state index in [0.717, 1.165) is 69.6 Å². The fourth-order valence-electron chi connectivity index (χ4n) is 9.90. The predicted molar refractivity (Wildman–Crippen MR) is 303 cm³/mol. The Labute approximate surface area is 438 Å². The fourth-order valence-corrected chi connectivity index (χ4v) is 9.90. The molecule has 0 N–H and O–H groups in total. The van der Waals surface area contributed by atoms with Gasteiger partial charge in [0.1, 0.15) is 13.2 Å². The van der Waals surface area contributed by atoms with Crippen molar-refractivity contribution in [1.29, 1.82) is 0 Å². The molecular weight excluding hydrogens is 865 g/mol. The van der Waals surface area contributed by atoms with Crippen LogP contribution in [-0.2, 0) is 28.6 Å². The summed E-state index contributed by atoms with van der Waals surface area (Å²) < 4.78 is 16.9. The van der Waals surface area contributed by atoms with Gasteiger partial charge in [-0.25, -0.2) is 0 Å². The average molecular weight is 990 g/mol. The van der Waals surface area contributed by atoms with E-state index in [1.807, 2.05) is 0 Å². The summed E-state index contributed by atoms with van der Waals surface area (Å²) in [5.41, 5.74) is 0. The van der Waals surface area contributed by atoms with Gasteiger partial charge in [0, 0.05) is 19.3 Å². The molecule has 0 bridgehead atoms. The molecule has 0 spiro atoms. The van der Waals surface area contributed by atoms with Crippen LogP contribution in [0.4, 0.5) is 0 Å². The van der Waals surface area contributed by atoms with Crippen molar-refractivity contribution >= 4 is 17.9 Å². The van der Waals surface area contributed by atoms with Gasteiger partial charge in [-0.15, -0.1) is 0 Å². The zero-order chi connectivity index (χ0) is 51.1. The molecule has 0 aromatic rings. The number of carbonyl (C=O) groups is 3. The third-order valence-corrected chi connectivity index (χ3v) is 15.1. The van der Waals surface area contributed by atoms with Crippen LogP contribution >= 0.6 is 0 Å². The molecule has 0 aliphatic rings. The first-order valence-electron chi connectivity index (χ1n) is 31.8. The summed E-state index contributed by atoms with van der Waals surface area (Å²) in [5.74, 6) is 0.922. The molecule has 70 heavy (non-hydrogen) atoms. The molecule has 1 unspecified atom stereocenters. The lowest BCUT2D eigenvalue weighted by atomic mass is 9.99. The molecule has 2 atom stereocenters. The summed E-state index contributed by atoms with van der Waals surface area (Å²) in [6.45, 7) is 11.5. The van der Waals surface area contributed by atoms with Crippen molar-refractivity contribution in [2.24, 2.45) is 11.8 Å². The third kappa shape index (κ3) is 55.7. The van der Waals surface area contributed by atoms with Crippen molar-refractivity contribution in [2.45, 2.75) is 368 Å². The van der Waals surface area contributed by atoms with Gasteiger partial charge in [0.25, 0.3) is 0 Å². The summed E-state index contributed by atoms with van der Waals surface area (Å²) >= 11 is 0. The topological polar surface area (TPSA) is 78.9 Å². The maximum Gasteiger partial charge on any atom is 0.306 e. The highest BCUT2D eigenvalue weighted by atomic mass is 16.6. The van der Waals surface area contributed by atoms with Gasteiger partial charge in [-0.3, -0.25) is 14.4 Å². The second-order valence-electron chi connectivity index (χ2n) is 22.8. The second kappa shape index (κ2) is 56.7. The zero-order valence-electron chi connectivity index (χ0n) is 48.2. The van der Waals surface area contributed by atoms with Crippen molar-refractivity contribution in [3.05, 3.63) is 0 Å². The summed E-state index contributed by atoms with van der Waals surface area (Å²) in [5, 5.41) is 0. The van der Waals surface area contributed by atoms with E-state index >= 15 is 0 Å². The van der Waals surface area contributed by atoms with Gasteiger partial charge in [-0.05, 0) is 31.1 Å². The molecule has 0 rings (SSSR count). The first kappa shape index (κ1) is 68.4. The summed E-state index contributed by atoms with van der Waals surface area (Å²) in [7, 11) is 0. The Bertz CT molecular complexity index is 1070. The number of unbranched alkanes of at least 4 members (excludes halogenated alkanes) is 42. The van der Waals surface area contributed by atoms with Crippen LogP contribution in [-0.4, -0.2) is 37.2 Å². The molecule has 6 nitrogen and oxygen atoms in total. The molecule has 0 aromatic heterocycles. The van der Waals surface area contributed by atoms with Gasteiger partial charge in [0.2, 0.25) is 0 Å². The highest BCUT2D eigenvalue weighted by Gasteiger charge is 2.19. The molecule has 0 radical (unpaired) electrons. The van der Waals surface area contributed by atoms with Gasteiger partial charge in [-0.1, -0.05) is 324 Å². The van der Waals surface area contributed by atoms with Gasteiger partial charge >= 0.3 is 17.9 Å². The van der Waals surface area contributed by atoms with Crippen LogP contribution in [0.5, 0.6) is 0 Å². The Kier molecular flexibility index (Phi) is 55.4. The SMILES string of the molecule is CCCCCCCCCCCCCCCC(=O)OC[C@@H](COC(=O)CCCCCCCCCCCCCCCCC(C)C)OC(=O)CCCCCCCCCCCCCCCCCCCCC(C)CC. The van der Waals surface area contributed by atoms with Gasteiger partial charge < -0.3 is 14.2 Å². The molecule has 0 heterocycles. The predicted octanol–water partition coefficient (Wildman–Crippen LogP) is 21.2. The molecule has 0 aromatic carbocycles. The highest BCUT2D eigenvalue weighted by molar-refractivity contribution is 5.71. The minimum Gasteiger partial charge on any atom is -0.462 e. The maximum absolute atomic E-state index is 12.9. The van der Waals surface area contributed by atoms with E-state index in [4.69, 9.17) is 14.2 Å². The molecule has 0 saturated heterocycles. The van der Waals surface area contributed by atoms with Gasteiger partial charge in [0.15, 0.2) is 6.10 Å². The molecule has 0 aliphatic carbocycles. The monoisotopic (exact) mass is 989 g/mol. The number of hydrogen-bond donors (Lipinski definition) is 0. The molecule has 6 heteroatoms. The number of hydrogen-bond acceptors (Lipinski definition) is 6. The van der Waals surface area contributed by atoms with Gasteiger partial charge in [0.05, 0.1) is 0 Å². The Morgan fingerprint density at radius 1 is 0.300 bits per heavy atom. The number of carbonyl (C=O) groups excluding carboxylic acids is 3. The zero-order valence-corrected chi connectivity index (χ0v) is 48.2. The van der Waals surface area contributed by atoms with E-state index in [9.17, 15) is 14.4 Å². The summed E-state index contributed by atoms with van der Waals surface area (Å²) in [6.07, 6.45) is 62.4. The number of ether oxygens (including phenoxy) is 3. The molecule has 0 aliphatic heterocycles. The quantitative estimate of drug-likeness (QED) is 0.0343. The van der Waals surface area contributed by atoms with Crippen LogP contribution in [0.25, 0.3) is 0 Å². The van der Waals surface area contributed by atoms with E-state index in [2.05, 4.69) is 34.6 Å². The molecule has 0 amide bonds. The largest absolute Gasteiger partial charge is 0.462 e. The average Bonchev–Trinajstić information content (AvgIpc) is 3.35. The van der Waals surface area contributed by atoms with E-state index in [1.165, 1.54) is 250 Å². The lowest BCUT2D eigenvalue weighted by Crippen LogP contribution is -2.30. The van der Waals surface area contributed by atoms with Crippen LogP contribution in [0.3, 0.4) is 0 Å². The van der Waals surface area contributed by atoms with Crippen molar-refractivity contribution in [1.82, 2.24) is 0 Å². The van der Waals surface area contributed by atoms with Crippen LogP contribution in [0.1, 0.15) is 362 Å². The lowest BCUT2D eigenvalue weighted by molar-refractivity contribution is -0.167. The standard InChI is InChI=1S/C64H124O6/c1-6-8-9-10-11-12-13-22-29-34-39-44-49-54-62(65)68-57-61(58-69-63(66)55-50-45-40-35-30-25-21-20-23-27-32-37-42-47-52-59(3)4)70-64(67)56-51-46-41-36-31-26-19-17-15-14-16-18-24-28-33-38-43-48-53-60(5)7-2/h59-61H,6-58H2,1-5H3/t60?,61-/m0/s1. The Morgan fingerprint density at radius 3 is 0.814 bits per heavy atom. The van der Waals surface area contributed by atoms with Crippen LogP contribution in [0.15, 0.2) is 0 Å². The minimum absolute atomic E-state index is 0.0619. The van der Waals surface area contributed by atoms with Crippen molar-refractivity contribution in [2.75, 3.05) is 13.2 Å². The first-order valence-corrected chi connectivity index (χ1v) is 31.8. The van der Waals surface area contributed by atoms with Crippen molar-refractivity contribution in [3.63, 3.8) is 0 Å². The molecular formula is C64H124O6. The molecule has 0 fully saturated rings. The third-order valence-electron chi connectivity index (χ3n) is 15.1. The Hall–Kier alpha value is -1.59. The highest BCUT2D eigenvalue weighted by Crippen LogP contribution is 2.19. The van der Waals surface area contributed by atoms with Crippen LogP contribution in [0, 0.1) is 11.8 Å². The lowest BCUT2D eigenvalue weighted by Gasteiger charge is -2.18. The number of rotatable bonds is 58. The number of esters is 3. The Balaban J connectivity index is 4.25. The van der Waals surface area contributed by atoms with E-state index in [-0.39, 0.29) is 31.1 Å². The summed E-state index contributed by atoms with van der Waals surface area (Å²) in [6, 6.07) is 0. The van der Waals surface area contributed by atoms with Crippen molar-refractivity contribution in [3.8, 4) is 0 Å². The van der Waals surface area contributed by atoms with E-state index in [1.54, 1.807) is 0 Å². The fraction of sp³-hybridized carbons (Fsp3) is 0.953. The van der Waals surface area contributed by atoms with E-state index in [0.29, 0.717) is 19.3 Å². The van der Waals surface area contributed by atoms with Gasteiger partial charge in [-0.2, -0.15) is 0 Å². The van der Waals surface area contributed by atoms with E-state index < -0.39 is 6.10 Å². The molecule has 0 saturated carbocycles. The van der Waals surface area contributed by atoms with Crippen molar-refractivity contribution < 1.29 is 28.6 Å². The molecule has 416 valence electrons. The summed E-state index contributed by atoms with van der Waals surface area (Å²) in [4.78, 5) is 38.3. The second-order valence-corrected chi connectivity index (χ2v) is 22.8.